The maximum atomic E-state index is 4.47. The summed E-state index contributed by atoms with van der Waals surface area (Å²) in [6.45, 7) is 12.2. The number of piperidine rings is 1. The van der Waals surface area contributed by atoms with Crippen LogP contribution in [0.2, 0.25) is 0 Å². The molecule has 2 rings (SSSR count). The van der Waals surface area contributed by atoms with E-state index in [0.717, 1.165) is 37.7 Å². The highest BCUT2D eigenvalue weighted by molar-refractivity contribution is 5.10. The molecule has 1 aromatic heterocycles. The first kappa shape index (κ1) is 13.5. The van der Waals surface area contributed by atoms with Gasteiger partial charge in [0.2, 0.25) is 0 Å². The van der Waals surface area contributed by atoms with E-state index in [1.54, 1.807) is 0 Å². The Hall–Kier alpha value is -0.900. The van der Waals surface area contributed by atoms with Crippen molar-refractivity contribution in [1.82, 2.24) is 20.1 Å². The number of nitrogens with one attached hydrogen (secondary N) is 1. The lowest BCUT2D eigenvalue weighted by Crippen LogP contribution is -2.42. The number of aryl methyl sites for hydroxylation is 1. The zero-order chi connectivity index (χ0) is 13.2. The molecule has 4 nitrogen and oxygen atoms in total. The summed E-state index contributed by atoms with van der Waals surface area (Å²) in [6, 6.07) is 0. The second kappa shape index (κ2) is 5.39. The van der Waals surface area contributed by atoms with Crippen LogP contribution in [0.1, 0.15) is 51.7 Å². The van der Waals surface area contributed by atoms with E-state index >= 15 is 0 Å². The van der Waals surface area contributed by atoms with Gasteiger partial charge in [0.15, 0.2) is 0 Å². The molecule has 0 aromatic carbocycles. The summed E-state index contributed by atoms with van der Waals surface area (Å²) in [7, 11) is 0. The van der Waals surface area contributed by atoms with Gasteiger partial charge in [-0.05, 0) is 45.2 Å². The molecule has 1 aromatic rings. The lowest BCUT2D eigenvalue weighted by molar-refractivity contribution is 0.234. The van der Waals surface area contributed by atoms with Crippen molar-refractivity contribution in [2.75, 3.05) is 13.1 Å². The number of aromatic nitrogens is 3. The van der Waals surface area contributed by atoms with Gasteiger partial charge in [-0.1, -0.05) is 20.8 Å². The maximum Gasteiger partial charge on any atom is 0.139 e. The van der Waals surface area contributed by atoms with E-state index in [-0.39, 0.29) is 5.41 Å². The molecular weight excluding hydrogens is 224 g/mol. The lowest BCUT2D eigenvalue weighted by atomic mass is 9.74. The molecule has 2 heterocycles. The van der Waals surface area contributed by atoms with Crippen LogP contribution in [0.15, 0.2) is 0 Å². The van der Waals surface area contributed by atoms with Crippen molar-refractivity contribution in [3.05, 3.63) is 11.6 Å². The van der Waals surface area contributed by atoms with Crippen LogP contribution in [0.4, 0.5) is 0 Å². The number of hydrogen-bond acceptors (Lipinski definition) is 3. The molecule has 1 N–H and O–H groups in total. The van der Waals surface area contributed by atoms with Crippen LogP contribution in [0.25, 0.3) is 0 Å². The van der Waals surface area contributed by atoms with Crippen molar-refractivity contribution in [2.24, 2.45) is 5.92 Å². The molecule has 0 bridgehead atoms. The fraction of sp³-hybridized carbons (Fsp3) is 0.857. The highest BCUT2D eigenvalue weighted by Crippen LogP contribution is 2.34. The number of rotatable bonds is 4. The zero-order valence-corrected chi connectivity index (χ0v) is 12.2. The lowest BCUT2D eigenvalue weighted by Gasteiger charge is -2.36. The highest BCUT2D eigenvalue weighted by atomic mass is 15.3. The van der Waals surface area contributed by atoms with Crippen LogP contribution < -0.4 is 5.32 Å². The smallest absolute Gasteiger partial charge is 0.139 e. The summed E-state index contributed by atoms with van der Waals surface area (Å²) < 4.78 is 2.30. The number of nitrogens with zero attached hydrogens (tertiary/aromatic N) is 3. The van der Waals surface area contributed by atoms with E-state index in [1.165, 1.54) is 12.8 Å². The van der Waals surface area contributed by atoms with Gasteiger partial charge in [-0.3, -0.25) is 0 Å². The van der Waals surface area contributed by atoms with Crippen LogP contribution in [0.3, 0.4) is 0 Å². The van der Waals surface area contributed by atoms with Crippen molar-refractivity contribution in [2.45, 2.75) is 58.9 Å². The van der Waals surface area contributed by atoms with Gasteiger partial charge < -0.3 is 9.88 Å². The molecule has 0 spiro atoms. The molecule has 1 fully saturated rings. The van der Waals surface area contributed by atoms with Crippen LogP contribution in [-0.4, -0.2) is 27.9 Å². The molecule has 0 amide bonds. The first-order valence-electron chi connectivity index (χ1n) is 7.18. The first-order valence-corrected chi connectivity index (χ1v) is 7.18. The van der Waals surface area contributed by atoms with Crippen molar-refractivity contribution in [3.8, 4) is 0 Å². The predicted octanol–water partition coefficient (Wildman–Crippen LogP) is 2.27. The van der Waals surface area contributed by atoms with Gasteiger partial charge in [-0.2, -0.15) is 0 Å². The second-order valence-corrected chi connectivity index (χ2v) is 5.99. The largest absolute Gasteiger partial charge is 0.316 e. The average molecular weight is 250 g/mol. The molecule has 1 unspecified atom stereocenters. The Morgan fingerprint density at radius 3 is 2.78 bits per heavy atom. The Kier molecular flexibility index (Phi) is 4.05. The Morgan fingerprint density at radius 2 is 2.17 bits per heavy atom. The van der Waals surface area contributed by atoms with Crippen LogP contribution in [0, 0.1) is 12.8 Å². The van der Waals surface area contributed by atoms with Gasteiger partial charge in [0.1, 0.15) is 11.6 Å². The summed E-state index contributed by atoms with van der Waals surface area (Å²) in [5, 5.41) is 12.3. The molecule has 1 aliphatic heterocycles. The molecular formula is C14H26N4. The second-order valence-electron chi connectivity index (χ2n) is 5.99. The van der Waals surface area contributed by atoms with Gasteiger partial charge in [-0.25, -0.2) is 0 Å². The summed E-state index contributed by atoms with van der Waals surface area (Å²) in [5.41, 5.74) is 0.101. The highest BCUT2D eigenvalue weighted by Gasteiger charge is 2.36. The Morgan fingerprint density at radius 1 is 1.39 bits per heavy atom. The van der Waals surface area contributed by atoms with Crippen LogP contribution in [-0.2, 0) is 12.0 Å². The minimum atomic E-state index is 0.101. The van der Waals surface area contributed by atoms with Gasteiger partial charge >= 0.3 is 0 Å². The fourth-order valence-corrected chi connectivity index (χ4v) is 3.00. The van der Waals surface area contributed by atoms with E-state index in [2.05, 4.69) is 47.8 Å². The molecule has 0 radical (unpaired) electrons. The summed E-state index contributed by atoms with van der Waals surface area (Å²) >= 11 is 0. The van der Waals surface area contributed by atoms with E-state index in [0.29, 0.717) is 5.92 Å². The third-order valence-electron chi connectivity index (χ3n) is 4.28. The molecule has 1 atom stereocenters. The van der Waals surface area contributed by atoms with Crippen molar-refractivity contribution in [1.29, 1.82) is 0 Å². The molecule has 18 heavy (non-hydrogen) atoms. The molecule has 4 heteroatoms. The van der Waals surface area contributed by atoms with Gasteiger partial charge in [0.05, 0.1) is 0 Å². The Balaban J connectivity index is 2.27. The predicted molar refractivity (Wildman–Crippen MR) is 73.7 cm³/mol. The SMILES string of the molecule is CCCn1c(C)nnc1C(C)(C)C1CCCNC1. The third kappa shape index (κ3) is 2.44. The minimum Gasteiger partial charge on any atom is -0.316 e. The Bertz CT molecular complexity index is 388. The maximum absolute atomic E-state index is 4.47. The van der Waals surface area contributed by atoms with Gasteiger partial charge in [-0.15, -0.1) is 10.2 Å². The molecule has 0 saturated carbocycles. The van der Waals surface area contributed by atoms with Gasteiger partial charge in [0.25, 0.3) is 0 Å². The minimum absolute atomic E-state index is 0.101. The summed E-state index contributed by atoms with van der Waals surface area (Å²) in [5.74, 6) is 2.87. The Labute approximate surface area is 110 Å². The van der Waals surface area contributed by atoms with Crippen LogP contribution >= 0.6 is 0 Å². The molecule has 1 aliphatic rings. The quantitative estimate of drug-likeness (QED) is 0.891. The normalized spacial score (nSPS) is 21.2. The topological polar surface area (TPSA) is 42.7 Å². The van der Waals surface area contributed by atoms with E-state index < -0.39 is 0 Å². The third-order valence-corrected chi connectivity index (χ3v) is 4.28. The zero-order valence-electron chi connectivity index (χ0n) is 12.2. The van der Waals surface area contributed by atoms with E-state index in [4.69, 9.17) is 0 Å². The van der Waals surface area contributed by atoms with E-state index in [1.807, 2.05) is 0 Å². The summed E-state index contributed by atoms with van der Waals surface area (Å²) in [6.07, 6.45) is 3.69. The standard InChI is InChI=1S/C14H26N4/c1-5-9-18-11(2)16-17-13(18)14(3,4)12-7-6-8-15-10-12/h12,15H,5-10H2,1-4H3. The average Bonchev–Trinajstić information content (AvgIpc) is 2.73. The molecule has 1 saturated heterocycles. The van der Waals surface area contributed by atoms with Crippen molar-refractivity contribution in [3.63, 3.8) is 0 Å². The van der Waals surface area contributed by atoms with Crippen LogP contribution in [0.5, 0.6) is 0 Å². The monoisotopic (exact) mass is 250 g/mol. The molecule has 102 valence electrons. The summed E-state index contributed by atoms with van der Waals surface area (Å²) in [4.78, 5) is 0. The number of hydrogen-bond donors (Lipinski definition) is 1. The van der Waals surface area contributed by atoms with E-state index in [9.17, 15) is 0 Å². The van der Waals surface area contributed by atoms with Crippen molar-refractivity contribution >= 4 is 0 Å². The molecule has 0 aliphatic carbocycles. The van der Waals surface area contributed by atoms with Crippen molar-refractivity contribution < 1.29 is 0 Å². The fourth-order valence-electron chi connectivity index (χ4n) is 3.00. The first-order chi connectivity index (χ1) is 8.57. The van der Waals surface area contributed by atoms with Gasteiger partial charge in [0, 0.05) is 12.0 Å².